The molecule has 0 saturated carbocycles. The highest BCUT2D eigenvalue weighted by Crippen LogP contribution is 2.32. The normalized spacial score (nSPS) is 16.9. The molecular formula is C29H43NO5S. The van der Waals surface area contributed by atoms with Crippen LogP contribution in [0.25, 0.3) is 10.2 Å². The number of ether oxygens (including phenoxy) is 1. The highest BCUT2D eigenvalue weighted by atomic mass is 32.1. The summed E-state index contributed by atoms with van der Waals surface area (Å²) < 4.78 is 5.82. The van der Waals surface area contributed by atoms with Crippen LogP contribution in [-0.4, -0.2) is 46.3 Å². The zero-order valence-electron chi connectivity index (χ0n) is 23.0. The molecular weight excluding hydrogens is 474 g/mol. The number of aryl methyl sites for hydroxylation is 1. The van der Waals surface area contributed by atoms with Gasteiger partial charge in [0.25, 0.3) is 0 Å². The molecule has 36 heavy (non-hydrogen) atoms. The molecule has 0 radical (unpaired) electrons. The van der Waals surface area contributed by atoms with Crippen LogP contribution < -0.4 is 0 Å². The summed E-state index contributed by atoms with van der Waals surface area (Å²) in [5, 5.41) is 22.4. The zero-order chi connectivity index (χ0) is 27.2. The van der Waals surface area contributed by atoms with Crippen LogP contribution in [0, 0.1) is 24.2 Å². The molecule has 5 unspecified atom stereocenters. The minimum atomic E-state index is -1.17. The van der Waals surface area contributed by atoms with E-state index in [4.69, 9.17) is 0 Å². The predicted octanol–water partition coefficient (Wildman–Crippen LogP) is 5.98. The molecule has 1 heterocycles. The number of allylic oxidation sites excluding steroid dienone is 2. The Bertz CT molecular complexity index is 1070. The molecule has 1 aromatic carbocycles. The lowest BCUT2D eigenvalue weighted by atomic mass is 9.73. The molecule has 0 spiro atoms. The number of nitrogens with zero attached hydrogens (tertiary/aromatic N) is 1. The fourth-order valence-corrected chi connectivity index (χ4v) is 5.53. The number of aliphatic hydroxyl groups excluding tert-OH is 2. The Labute approximate surface area is 219 Å². The fourth-order valence-electron chi connectivity index (χ4n) is 4.72. The predicted molar refractivity (Wildman–Crippen MR) is 146 cm³/mol. The number of hydrogen-bond acceptors (Lipinski definition) is 7. The Morgan fingerprint density at radius 1 is 1.19 bits per heavy atom. The minimum absolute atomic E-state index is 0.0713. The van der Waals surface area contributed by atoms with E-state index in [1.807, 2.05) is 13.8 Å². The van der Waals surface area contributed by atoms with Crippen molar-refractivity contribution < 1.29 is 24.5 Å². The van der Waals surface area contributed by atoms with Crippen molar-refractivity contribution in [3.8, 4) is 0 Å². The van der Waals surface area contributed by atoms with Crippen LogP contribution in [0.15, 0.2) is 29.8 Å². The first-order valence-electron chi connectivity index (χ1n) is 12.8. The lowest BCUT2D eigenvalue weighted by Crippen LogP contribution is -2.45. The van der Waals surface area contributed by atoms with E-state index in [0.717, 1.165) is 29.8 Å². The summed E-state index contributed by atoms with van der Waals surface area (Å²) in [6.07, 6.45) is 2.66. The highest BCUT2D eigenvalue weighted by Gasteiger charge is 2.42. The molecule has 0 aliphatic carbocycles. The third-order valence-electron chi connectivity index (χ3n) is 7.37. The Kier molecular flexibility index (Phi) is 10.8. The molecule has 0 aliphatic heterocycles. The maximum absolute atomic E-state index is 13.1. The zero-order valence-corrected chi connectivity index (χ0v) is 23.8. The van der Waals surface area contributed by atoms with Gasteiger partial charge in [0.05, 0.1) is 46.4 Å². The number of ketones is 1. The molecule has 6 nitrogen and oxygen atoms in total. The molecule has 0 fully saturated rings. The quantitative estimate of drug-likeness (QED) is 0.251. The number of Topliss-reactive ketones (excluding diaryl/α,β-unsaturated/α-hetero) is 1. The number of rotatable bonds is 13. The fraction of sp³-hybridized carbons (Fsp3) is 0.621. The Hall–Kier alpha value is -2.09. The first kappa shape index (κ1) is 30.1. The van der Waals surface area contributed by atoms with Crippen LogP contribution in [0.5, 0.6) is 0 Å². The molecule has 0 bridgehead atoms. The average Bonchev–Trinajstić information content (AvgIpc) is 3.21. The van der Waals surface area contributed by atoms with Gasteiger partial charge in [0, 0.05) is 5.92 Å². The summed E-state index contributed by atoms with van der Waals surface area (Å²) >= 11 is 1.71. The summed E-state index contributed by atoms with van der Waals surface area (Å²) in [7, 11) is 1.25. The van der Waals surface area contributed by atoms with Crippen molar-refractivity contribution in [2.45, 2.75) is 92.3 Å². The van der Waals surface area contributed by atoms with Gasteiger partial charge in [-0.25, -0.2) is 4.98 Å². The maximum Gasteiger partial charge on any atom is 0.308 e. The number of hydrogen-bond donors (Lipinski definition) is 2. The second kappa shape index (κ2) is 12.9. The molecule has 0 saturated heterocycles. The molecule has 0 aliphatic rings. The largest absolute Gasteiger partial charge is 0.469 e. The second-order valence-electron chi connectivity index (χ2n) is 10.8. The summed E-state index contributed by atoms with van der Waals surface area (Å²) in [6, 6.07) is 6.50. The molecule has 2 N–H and O–H groups in total. The number of aliphatic hydroxyl groups is 2. The van der Waals surface area contributed by atoms with Crippen LogP contribution in [0.4, 0.5) is 0 Å². The monoisotopic (exact) mass is 517 g/mol. The molecule has 5 atom stereocenters. The van der Waals surface area contributed by atoms with Crippen LogP contribution in [0.3, 0.4) is 0 Å². The molecule has 200 valence electrons. The van der Waals surface area contributed by atoms with E-state index < -0.39 is 29.5 Å². The molecule has 2 aromatic rings. The molecule has 1 aromatic heterocycles. The maximum atomic E-state index is 13.1. The van der Waals surface area contributed by atoms with Crippen molar-refractivity contribution in [3.63, 3.8) is 0 Å². The van der Waals surface area contributed by atoms with Gasteiger partial charge in [0.1, 0.15) is 5.78 Å². The van der Waals surface area contributed by atoms with E-state index in [-0.39, 0.29) is 24.0 Å². The first-order valence-corrected chi connectivity index (χ1v) is 13.6. The number of esters is 1. The van der Waals surface area contributed by atoms with Gasteiger partial charge >= 0.3 is 5.97 Å². The van der Waals surface area contributed by atoms with Gasteiger partial charge in [-0.2, -0.15) is 0 Å². The van der Waals surface area contributed by atoms with Gasteiger partial charge in [-0.05, 0) is 62.6 Å². The lowest BCUT2D eigenvalue weighted by molar-refractivity contribution is -0.149. The number of thiazole rings is 1. The van der Waals surface area contributed by atoms with Crippen LogP contribution in [0.2, 0.25) is 0 Å². The standard InChI is InChI=1S/C29H43NO5S/c1-17(14-19(3)22-12-13-24-23(15-22)30-21(5)36-24)10-9-11-18(2)27(33)20(4)28(34)29(6,7)25(31)16-26(32)35-8/h12-15,18-20,25,27,31,33H,9-11,16H2,1-8H3/b17-14-. The highest BCUT2D eigenvalue weighted by molar-refractivity contribution is 7.18. The Balaban J connectivity index is 1.89. The summed E-state index contributed by atoms with van der Waals surface area (Å²) in [5.74, 6) is -1.26. The number of carbonyl (C=O) groups is 2. The van der Waals surface area contributed by atoms with Crippen LogP contribution in [0.1, 0.15) is 83.7 Å². The van der Waals surface area contributed by atoms with Gasteiger partial charge < -0.3 is 14.9 Å². The first-order chi connectivity index (χ1) is 16.8. The smallest absolute Gasteiger partial charge is 0.308 e. The van der Waals surface area contributed by atoms with E-state index in [9.17, 15) is 19.8 Å². The molecule has 7 heteroatoms. The average molecular weight is 518 g/mol. The van der Waals surface area contributed by atoms with Crippen molar-refractivity contribution in [1.82, 2.24) is 4.98 Å². The minimum Gasteiger partial charge on any atom is -0.469 e. The summed E-state index contributed by atoms with van der Waals surface area (Å²) in [5.41, 5.74) is 2.44. The Morgan fingerprint density at radius 2 is 1.86 bits per heavy atom. The van der Waals surface area contributed by atoms with Crippen molar-refractivity contribution in [3.05, 3.63) is 40.4 Å². The van der Waals surface area contributed by atoms with Gasteiger partial charge in [-0.3, -0.25) is 9.59 Å². The van der Waals surface area contributed by atoms with Crippen molar-refractivity contribution in [1.29, 1.82) is 0 Å². The molecule has 0 amide bonds. The summed E-state index contributed by atoms with van der Waals surface area (Å²) in [4.78, 5) is 29.2. The van der Waals surface area contributed by atoms with E-state index in [1.54, 1.807) is 32.1 Å². The van der Waals surface area contributed by atoms with Crippen LogP contribution >= 0.6 is 11.3 Å². The number of carbonyl (C=O) groups excluding carboxylic acids is 2. The van der Waals surface area contributed by atoms with Gasteiger partial charge in [-0.1, -0.05) is 52.3 Å². The van der Waals surface area contributed by atoms with Crippen molar-refractivity contribution in [2.75, 3.05) is 7.11 Å². The van der Waals surface area contributed by atoms with Gasteiger partial charge in [-0.15, -0.1) is 11.3 Å². The number of benzene rings is 1. The second-order valence-corrected chi connectivity index (χ2v) is 12.0. The van der Waals surface area contributed by atoms with E-state index in [0.29, 0.717) is 0 Å². The van der Waals surface area contributed by atoms with E-state index in [2.05, 4.69) is 47.8 Å². The van der Waals surface area contributed by atoms with Crippen molar-refractivity contribution >= 4 is 33.3 Å². The SMILES string of the molecule is COC(=O)CC(O)C(C)(C)C(=O)C(C)C(O)C(C)CCC/C(C)=C\C(C)c1ccc2sc(C)nc2c1. The summed E-state index contributed by atoms with van der Waals surface area (Å²) in [6.45, 7) is 13.2. The van der Waals surface area contributed by atoms with Crippen molar-refractivity contribution in [2.24, 2.45) is 17.3 Å². The molecule has 2 rings (SSSR count). The number of aromatic nitrogens is 1. The number of methoxy groups -OCH3 is 1. The third kappa shape index (κ3) is 7.70. The van der Waals surface area contributed by atoms with E-state index >= 15 is 0 Å². The third-order valence-corrected chi connectivity index (χ3v) is 8.33. The Morgan fingerprint density at radius 3 is 2.50 bits per heavy atom. The van der Waals surface area contributed by atoms with Gasteiger partial charge in [0.2, 0.25) is 0 Å². The lowest BCUT2D eigenvalue weighted by Gasteiger charge is -2.34. The van der Waals surface area contributed by atoms with Crippen LogP contribution in [-0.2, 0) is 14.3 Å². The van der Waals surface area contributed by atoms with E-state index in [1.165, 1.54) is 22.9 Å². The van der Waals surface area contributed by atoms with Gasteiger partial charge in [0.15, 0.2) is 0 Å². The number of fused-ring (bicyclic) bond motifs is 1. The topological polar surface area (TPSA) is 96.7 Å².